The SMILES string of the molecule is COc1cc(C)c(/C=C/C(C)=C/C=C/C(C)=C/C(=O)Oc2cccc(OC(F)(F)F)c2)c(C)c1C. The minimum absolute atomic E-state index is 0.0509. The maximum Gasteiger partial charge on any atom is 0.573 e. The van der Waals surface area contributed by atoms with Crippen LogP contribution < -0.4 is 14.2 Å². The number of hydrogen-bond acceptors (Lipinski definition) is 4. The molecule has 0 aliphatic carbocycles. The second-order valence-corrected chi connectivity index (χ2v) is 7.99. The fourth-order valence-electron chi connectivity index (χ4n) is 3.27. The molecule has 35 heavy (non-hydrogen) atoms. The molecule has 0 N–H and O–H groups in total. The van der Waals surface area contributed by atoms with Gasteiger partial charge in [0.05, 0.1) is 7.11 Å². The third kappa shape index (κ3) is 8.85. The van der Waals surface area contributed by atoms with E-state index in [-0.39, 0.29) is 5.75 Å². The summed E-state index contributed by atoms with van der Waals surface area (Å²) in [6.45, 7) is 9.82. The Morgan fingerprint density at radius 2 is 1.63 bits per heavy atom. The van der Waals surface area contributed by atoms with Crippen molar-refractivity contribution >= 4 is 12.0 Å². The number of esters is 1. The molecule has 186 valence electrons. The van der Waals surface area contributed by atoms with Gasteiger partial charge >= 0.3 is 12.3 Å². The van der Waals surface area contributed by atoms with Crippen molar-refractivity contribution in [2.45, 2.75) is 41.0 Å². The lowest BCUT2D eigenvalue weighted by atomic mass is 9.96. The minimum atomic E-state index is -4.82. The molecular weight excluding hydrogens is 457 g/mol. The van der Waals surface area contributed by atoms with E-state index in [1.807, 2.05) is 39.0 Å². The molecule has 0 amide bonds. The molecule has 0 saturated carbocycles. The number of alkyl halides is 3. The van der Waals surface area contributed by atoms with Crippen LogP contribution in [0.15, 0.2) is 71.9 Å². The average Bonchev–Trinajstić information content (AvgIpc) is 2.75. The van der Waals surface area contributed by atoms with E-state index in [4.69, 9.17) is 9.47 Å². The van der Waals surface area contributed by atoms with Crippen molar-refractivity contribution in [2.75, 3.05) is 7.11 Å². The molecule has 2 aromatic rings. The smallest absolute Gasteiger partial charge is 0.496 e. The maximum absolute atomic E-state index is 12.3. The van der Waals surface area contributed by atoms with Crippen LogP contribution in [0.5, 0.6) is 17.2 Å². The Balaban J connectivity index is 2.02. The summed E-state index contributed by atoms with van der Waals surface area (Å²) in [5, 5.41) is 0. The van der Waals surface area contributed by atoms with Crippen molar-refractivity contribution in [3.63, 3.8) is 0 Å². The summed E-state index contributed by atoms with van der Waals surface area (Å²) < 4.78 is 51.3. The maximum atomic E-state index is 12.3. The first-order valence-corrected chi connectivity index (χ1v) is 10.8. The standard InChI is InChI=1S/C28H29F3O4/c1-18(13-14-25-20(3)16-26(33-6)22(5)21(25)4)9-7-10-19(2)15-27(32)34-23-11-8-12-24(17-23)35-28(29,30)31/h7-17H,1-6H3/b10-7+,14-13+,18-9+,19-15+. The van der Waals surface area contributed by atoms with Crippen molar-refractivity contribution in [2.24, 2.45) is 0 Å². The van der Waals surface area contributed by atoms with Crippen LogP contribution in [0, 0.1) is 20.8 Å². The van der Waals surface area contributed by atoms with E-state index < -0.39 is 18.1 Å². The zero-order valence-corrected chi connectivity index (χ0v) is 20.6. The lowest BCUT2D eigenvalue weighted by molar-refractivity contribution is -0.274. The van der Waals surface area contributed by atoms with Crippen LogP contribution in [-0.2, 0) is 4.79 Å². The Morgan fingerprint density at radius 3 is 2.29 bits per heavy atom. The third-order valence-electron chi connectivity index (χ3n) is 5.16. The van der Waals surface area contributed by atoms with Gasteiger partial charge in [0.15, 0.2) is 0 Å². The Morgan fingerprint density at radius 1 is 0.943 bits per heavy atom. The molecule has 4 nitrogen and oxygen atoms in total. The van der Waals surface area contributed by atoms with E-state index in [9.17, 15) is 18.0 Å². The van der Waals surface area contributed by atoms with Crippen molar-refractivity contribution in [1.29, 1.82) is 0 Å². The zero-order valence-electron chi connectivity index (χ0n) is 20.6. The number of hydrogen-bond donors (Lipinski definition) is 0. The van der Waals surface area contributed by atoms with Gasteiger partial charge in [-0.3, -0.25) is 0 Å². The van der Waals surface area contributed by atoms with Crippen LogP contribution in [0.2, 0.25) is 0 Å². The van der Waals surface area contributed by atoms with Crippen LogP contribution in [0.3, 0.4) is 0 Å². The number of ether oxygens (including phenoxy) is 3. The van der Waals surface area contributed by atoms with Gasteiger partial charge in [-0.15, -0.1) is 13.2 Å². The minimum Gasteiger partial charge on any atom is -0.496 e. The zero-order chi connectivity index (χ0) is 26.2. The van der Waals surface area contributed by atoms with E-state index >= 15 is 0 Å². The summed E-state index contributed by atoms with van der Waals surface area (Å²) >= 11 is 0. The van der Waals surface area contributed by atoms with Gasteiger partial charge in [-0.25, -0.2) is 4.79 Å². The van der Waals surface area contributed by atoms with E-state index in [1.54, 1.807) is 26.2 Å². The van der Waals surface area contributed by atoms with Gasteiger partial charge in [0.25, 0.3) is 0 Å². The Bertz CT molecular complexity index is 1190. The average molecular weight is 487 g/mol. The van der Waals surface area contributed by atoms with Crippen molar-refractivity contribution in [1.82, 2.24) is 0 Å². The molecule has 0 radical (unpaired) electrons. The molecule has 2 rings (SSSR count). The summed E-state index contributed by atoms with van der Waals surface area (Å²) in [5.74, 6) is -0.356. The summed E-state index contributed by atoms with van der Waals surface area (Å²) in [5.41, 5.74) is 6.15. The van der Waals surface area contributed by atoms with Crippen LogP contribution in [0.1, 0.15) is 36.1 Å². The first-order chi connectivity index (χ1) is 16.4. The molecule has 0 heterocycles. The highest BCUT2D eigenvalue weighted by Crippen LogP contribution is 2.29. The quantitative estimate of drug-likeness (QED) is 0.167. The van der Waals surface area contributed by atoms with Gasteiger partial charge in [-0.2, -0.15) is 0 Å². The number of carbonyl (C=O) groups is 1. The highest BCUT2D eigenvalue weighted by Gasteiger charge is 2.31. The fraction of sp³-hybridized carbons (Fsp3) is 0.250. The Labute approximate surface area is 204 Å². The largest absolute Gasteiger partial charge is 0.573 e. The summed E-state index contributed by atoms with van der Waals surface area (Å²) in [4.78, 5) is 12.1. The van der Waals surface area contributed by atoms with Gasteiger partial charge < -0.3 is 14.2 Å². The fourth-order valence-corrected chi connectivity index (χ4v) is 3.27. The Hall–Kier alpha value is -3.74. The first-order valence-electron chi connectivity index (χ1n) is 10.8. The van der Waals surface area contributed by atoms with Gasteiger partial charge in [0, 0.05) is 12.1 Å². The van der Waals surface area contributed by atoms with Gasteiger partial charge in [0.1, 0.15) is 17.2 Å². The third-order valence-corrected chi connectivity index (χ3v) is 5.16. The van der Waals surface area contributed by atoms with Crippen molar-refractivity contribution in [3.8, 4) is 17.2 Å². The van der Waals surface area contributed by atoms with Crippen LogP contribution in [0.25, 0.3) is 6.08 Å². The summed E-state index contributed by atoms with van der Waals surface area (Å²) in [6, 6.07) is 6.81. The molecule has 0 aliphatic heterocycles. The molecule has 0 spiro atoms. The van der Waals surface area contributed by atoms with Crippen LogP contribution in [-0.4, -0.2) is 19.4 Å². The molecule has 0 bridgehead atoms. The Kier molecular flexibility index (Phi) is 9.51. The predicted molar refractivity (Wildman–Crippen MR) is 132 cm³/mol. The lowest BCUT2D eigenvalue weighted by Crippen LogP contribution is -2.17. The van der Waals surface area contributed by atoms with Gasteiger partial charge in [0.2, 0.25) is 0 Å². The number of benzene rings is 2. The van der Waals surface area contributed by atoms with Crippen LogP contribution >= 0.6 is 0 Å². The number of rotatable bonds is 8. The van der Waals surface area contributed by atoms with E-state index in [2.05, 4.69) is 17.7 Å². The summed E-state index contributed by atoms with van der Waals surface area (Å²) in [6.07, 6.45) is 5.93. The van der Waals surface area contributed by atoms with E-state index in [0.29, 0.717) is 5.57 Å². The van der Waals surface area contributed by atoms with Crippen molar-refractivity contribution < 1.29 is 32.2 Å². The highest BCUT2D eigenvalue weighted by atomic mass is 19.4. The first kappa shape index (κ1) is 27.5. The molecule has 0 unspecified atom stereocenters. The number of allylic oxidation sites excluding steroid dienone is 6. The topological polar surface area (TPSA) is 44.8 Å². The number of halogens is 3. The van der Waals surface area contributed by atoms with Crippen LogP contribution in [0.4, 0.5) is 13.2 Å². The van der Waals surface area contributed by atoms with E-state index in [0.717, 1.165) is 45.7 Å². The van der Waals surface area contributed by atoms with Gasteiger partial charge in [-0.05, 0) is 80.6 Å². The number of aryl methyl sites for hydroxylation is 1. The van der Waals surface area contributed by atoms with E-state index in [1.165, 1.54) is 18.2 Å². The molecule has 0 saturated heterocycles. The second-order valence-electron chi connectivity index (χ2n) is 7.99. The molecule has 7 heteroatoms. The monoisotopic (exact) mass is 486 g/mol. The predicted octanol–water partition coefficient (Wildman–Crippen LogP) is 7.59. The molecular formula is C28H29F3O4. The second kappa shape index (κ2) is 12.1. The lowest BCUT2D eigenvalue weighted by Gasteiger charge is -2.13. The van der Waals surface area contributed by atoms with Gasteiger partial charge in [-0.1, -0.05) is 42.0 Å². The summed E-state index contributed by atoms with van der Waals surface area (Å²) in [7, 11) is 1.66. The number of methoxy groups -OCH3 is 1. The number of carbonyl (C=O) groups excluding carboxylic acids is 1. The normalized spacial score (nSPS) is 12.9. The molecule has 0 aromatic heterocycles. The highest BCUT2D eigenvalue weighted by molar-refractivity contribution is 5.85. The molecule has 2 aromatic carbocycles. The van der Waals surface area contributed by atoms with Crippen molar-refractivity contribution in [3.05, 3.63) is 94.1 Å². The molecule has 0 fully saturated rings. The molecule has 0 atom stereocenters. The molecule has 0 aliphatic rings.